The van der Waals surface area contributed by atoms with E-state index >= 15 is 0 Å². The molecule has 4 unspecified atom stereocenters. The Bertz CT molecular complexity index is 620. The molecule has 6 nitrogen and oxygen atoms in total. The first kappa shape index (κ1) is 19.0. The lowest BCUT2D eigenvalue weighted by molar-refractivity contribution is 0.0992. The maximum Gasteiger partial charge on any atom is 0.191 e. The Balaban J connectivity index is 1.69. The summed E-state index contributed by atoms with van der Waals surface area (Å²) >= 11 is 0. The summed E-state index contributed by atoms with van der Waals surface area (Å²) in [6.07, 6.45) is 4.22. The smallest absolute Gasteiger partial charge is 0.191 e. The van der Waals surface area contributed by atoms with Crippen molar-refractivity contribution in [3.63, 3.8) is 0 Å². The zero-order chi connectivity index (χ0) is 18.5. The largest absolute Gasteiger partial charge is 0.497 e. The number of aliphatic imine (C=N–C) groups is 1. The molecule has 0 aromatic heterocycles. The Morgan fingerprint density at radius 2 is 2.23 bits per heavy atom. The number of fused-ring (bicyclic) bond motifs is 2. The number of rotatable bonds is 7. The molecule has 0 aliphatic carbocycles. The van der Waals surface area contributed by atoms with Gasteiger partial charge < -0.3 is 25.0 Å². The minimum Gasteiger partial charge on any atom is -0.497 e. The SMILES string of the molecule is CCNC(=NCC(c1cccc(OC)c1)N(C)C)NC1CC2CCC1O2. The summed E-state index contributed by atoms with van der Waals surface area (Å²) in [5, 5.41) is 6.96. The lowest BCUT2D eigenvalue weighted by Crippen LogP contribution is -2.47. The summed E-state index contributed by atoms with van der Waals surface area (Å²) in [5.74, 6) is 1.76. The van der Waals surface area contributed by atoms with Crippen molar-refractivity contribution in [2.24, 2.45) is 4.99 Å². The Morgan fingerprint density at radius 3 is 2.85 bits per heavy atom. The molecule has 2 heterocycles. The van der Waals surface area contributed by atoms with Gasteiger partial charge in [-0.2, -0.15) is 0 Å². The topological polar surface area (TPSA) is 58.1 Å². The highest BCUT2D eigenvalue weighted by atomic mass is 16.5. The minimum atomic E-state index is 0.192. The van der Waals surface area contributed by atoms with Crippen molar-refractivity contribution < 1.29 is 9.47 Å². The summed E-state index contributed by atoms with van der Waals surface area (Å²) in [6.45, 7) is 3.62. The fraction of sp³-hybridized carbons (Fsp3) is 0.650. The normalized spacial score (nSPS) is 26.2. The third-order valence-corrected chi connectivity index (χ3v) is 5.30. The summed E-state index contributed by atoms with van der Waals surface area (Å²) in [4.78, 5) is 7.07. The van der Waals surface area contributed by atoms with E-state index in [1.807, 2.05) is 12.1 Å². The molecule has 3 rings (SSSR count). The molecule has 1 aromatic carbocycles. The molecule has 6 heteroatoms. The Kier molecular flexibility index (Phi) is 6.38. The number of nitrogens with one attached hydrogen (secondary N) is 2. The van der Waals surface area contributed by atoms with Crippen molar-refractivity contribution >= 4 is 5.96 Å². The van der Waals surface area contributed by atoms with E-state index in [1.165, 1.54) is 12.0 Å². The zero-order valence-electron chi connectivity index (χ0n) is 16.4. The van der Waals surface area contributed by atoms with Crippen molar-refractivity contribution in [2.45, 2.75) is 50.5 Å². The van der Waals surface area contributed by atoms with Gasteiger partial charge in [-0.25, -0.2) is 0 Å². The van der Waals surface area contributed by atoms with E-state index in [1.54, 1.807) is 7.11 Å². The van der Waals surface area contributed by atoms with Crippen LogP contribution in [0.4, 0.5) is 0 Å². The number of benzene rings is 1. The van der Waals surface area contributed by atoms with E-state index in [2.05, 4.69) is 48.7 Å². The predicted octanol–water partition coefficient (Wildman–Crippen LogP) is 2.17. The second-order valence-corrected chi connectivity index (χ2v) is 7.34. The van der Waals surface area contributed by atoms with E-state index in [0.29, 0.717) is 24.8 Å². The molecule has 2 fully saturated rings. The average molecular weight is 361 g/mol. The summed E-state index contributed by atoms with van der Waals surface area (Å²) in [7, 11) is 5.88. The summed E-state index contributed by atoms with van der Waals surface area (Å²) < 4.78 is 11.3. The van der Waals surface area contributed by atoms with Crippen LogP contribution in [-0.4, -0.2) is 63.4 Å². The van der Waals surface area contributed by atoms with E-state index in [0.717, 1.165) is 31.1 Å². The number of nitrogens with zero attached hydrogens (tertiary/aromatic N) is 2. The van der Waals surface area contributed by atoms with Crippen LogP contribution in [0.15, 0.2) is 29.3 Å². The van der Waals surface area contributed by atoms with Gasteiger partial charge in [0.25, 0.3) is 0 Å². The molecule has 2 saturated heterocycles. The first-order chi connectivity index (χ1) is 12.6. The maximum atomic E-state index is 5.96. The number of guanidine groups is 1. The number of hydrogen-bond donors (Lipinski definition) is 2. The minimum absolute atomic E-state index is 0.192. The molecule has 2 aliphatic rings. The molecule has 2 aliphatic heterocycles. The number of likely N-dealkylation sites (N-methyl/N-ethyl adjacent to an activating group) is 1. The molecule has 2 bridgehead atoms. The van der Waals surface area contributed by atoms with E-state index < -0.39 is 0 Å². The van der Waals surface area contributed by atoms with Crippen molar-refractivity contribution in [3.8, 4) is 5.75 Å². The van der Waals surface area contributed by atoms with Crippen LogP contribution in [0.1, 0.15) is 37.8 Å². The zero-order valence-corrected chi connectivity index (χ0v) is 16.4. The van der Waals surface area contributed by atoms with Crippen LogP contribution in [0.3, 0.4) is 0 Å². The van der Waals surface area contributed by atoms with E-state index in [-0.39, 0.29) is 6.04 Å². The van der Waals surface area contributed by atoms with Gasteiger partial charge in [-0.1, -0.05) is 12.1 Å². The lowest BCUT2D eigenvalue weighted by atomic mass is 9.96. The standard InChI is InChI=1S/C20H32N4O2/c1-5-21-20(23-17-12-16-9-10-19(17)26-16)22-13-18(24(2)3)14-7-6-8-15(11-14)25-4/h6-8,11,16-19H,5,9-10,12-13H2,1-4H3,(H2,21,22,23). The fourth-order valence-corrected chi connectivity index (χ4v) is 3.88. The summed E-state index contributed by atoms with van der Waals surface area (Å²) in [6, 6.07) is 8.79. The first-order valence-corrected chi connectivity index (χ1v) is 9.61. The van der Waals surface area contributed by atoms with Crippen LogP contribution in [0.5, 0.6) is 5.75 Å². The molecular weight excluding hydrogens is 328 g/mol. The Morgan fingerprint density at radius 1 is 1.38 bits per heavy atom. The number of hydrogen-bond acceptors (Lipinski definition) is 4. The molecule has 0 radical (unpaired) electrons. The van der Waals surface area contributed by atoms with Gasteiger partial charge in [0.2, 0.25) is 0 Å². The van der Waals surface area contributed by atoms with Gasteiger partial charge >= 0.3 is 0 Å². The first-order valence-electron chi connectivity index (χ1n) is 9.61. The van der Waals surface area contributed by atoms with Crippen molar-refractivity contribution in [2.75, 3.05) is 34.3 Å². The molecule has 1 aromatic rings. The Labute approximate surface area is 157 Å². The lowest BCUT2D eigenvalue weighted by Gasteiger charge is -2.26. The van der Waals surface area contributed by atoms with Crippen LogP contribution >= 0.6 is 0 Å². The maximum absolute atomic E-state index is 5.96. The molecule has 0 spiro atoms. The third kappa shape index (κ3) is 4.48. The molecule has 0 saturated carbocycles. The fourth-order valence-electron chi connectivity index (χ4n) is 3.88. The second kappa shape index (κ2) is 8.73. The van der Waals surface area contributed by atoms with Gasteiger partial charge in [0, 0.05) is 6.54 Å². The quantitative estimate of drug-likeness (QED) is 0.577. The van der Waals surface area contributed by atoms with Gasteiger partial charge in [0.1, 0.15) is 5.75 Å². The molecular formula is C20H32N4O2. The Hall–Kier alpha value is -1.79. The van der Waals surface area contributed by atoms with Crippen LogP contribution in [0, 0.1) is 0 Å². The molecule has 2 N–H and O–H groups in total. The third-order valence-electron chi connectivity index (χ3n) is 5.30. The predicted molar refractivity (Wildman–Crippen MR) is 105 cm³/mol. The van der Waals surface area contributed by atoms with Gasteiger partial charge in [0.05, 0.1) is 37.9 Å². The molecule has 0 amide bonds. The van der Waals surface area contributed by atoms with Crippen molar-refractivity contribution in [1.29, 1.82) is 0 Å². The van der Waals surface area contributed by atoms with Gasteiger partial charge in [-0.3, -0.25) is 4.99 Å². The average Bonchev–Trinajstić information content (AvgIpc) is 3.25. The van der Waals surface area contributed by atoms with Crippen LogP contribution in [0.25, 0.3) is 0 Å². The van der Waals surface area contributed by atoms with E-state index in [4.69, 9.17) is 14.5 Å². The van der Waals surface area contributed by atoms with Crippen LogP contribution in [0.2, 0.25) is 0 Å². The number of ether oxygens (including phenoxy) is 2. The molecule has 4 atom stereocenters. The van der Waals surface area contributed by atoms with E-state index in [9.17, 15) is 0 Å². The second-order valence-electron chi connectivity index (χ2n) is 7.34. The molecule has 144 valence electrons. The highest BCUT2D eigenvalue weighted by Gasteiger charge is 2.41. The summed E-state index contributed by atoms with van der Waals surface area (Å²) in [5.41, 5.74) is 1.21. The van der Waals surface area contributed by atoms with Crippen LogP contribution in [-0.2, 0) is 4.74 Å². The van der Waals surface area contributed by atoms with Gasteiger partial charge in [-0.15, -0.1) is 0 Å². The monoisotopic (exact) mass is 360 g/mol. The van der Waals surface area contributed by atoms with Gasteiger partial charge in [0.15, 0.2) is 5.96 Å². The molecule has 26 heavy (non-hydrogen) atoms. The highest BCUT2D eigenvalue weighted by molar-refractivity contribution is 5.80. The highest BCUT2D eigenvalue weighted by Crippen LogP contribution is 2.34. The van der Waals surface area contributed by atoms with Crippen molar-refractivity contribution in [1.82, 2.24) is 15.5 Å². The van der Waals surface area contributed by atoms with Gasteiger partial charge in [-0.05, 0) is 58.0 Å². The van der Waals surface area contributed by atoms with Crippen molar-refractivity contribution in [3.05, 3.63) is 29.8 Å². The van der Waals surface area contributed by atoms with Crippen LogP contribution < -0.4 is 15.4 Å². The number of methoxy groups -OCH3 is 1.